The summed E-state index contributed by atoms with van der Waals surface area (Å²) >= 11 is 4.84. The van der Waals surface area contributed by atoms with Crippen LogP contribution in [0.4, 0.5) is 0 Å². The Kier molecular flexibility index (Phi) is 4.77. The molecule has 1 aliphatic heterocycles. The molecule has 1 amide bonds. The Morgan fingerprint density at radius 1 is 1.67 bits per heavy atom. The van der Waals surface area contributed by atoms with Crippen molar-refractivity contribution in [2.75, 3.05) is 20.2 Å². The lowest BCUT2D eigenvalue weighted by Crippen LogP contribution is -2.51. The topological polar surface area (TPSA) is 55.6 Å². The molecule has 100 valence electrons. The van der Waals surface area contributed by atoms with Crippen molar-refractivity contribution in [1.29, 1.82) is 0 Å². The summed E-state index contributed by atoms with van der Waals surface area (Å²) in [5, 5.41) is 0. The number of carbonyl (C=O) groups is 1. The van der Waals surface area contributed by atoms with E-state index in [2.05, 4.69) is 15.9 Å². The highest BCUT2D eigenvalue weighted by molar-refractivity contribution is 9.11. The van der Waals surface area contributed by atoms with Crippen molar-refractivity contribution in [1.82, 2.24) is 4.90 Å². The second kappa shape index (κ2) is 6.14. The van der Waals surface area contributed by atoms with Gasteiger partial charge in [-0.2, -0.15) is 0 Å². The number of rotatable bonds is 3. The van der Waals surface area contributed by atoms with Crippen molar-refractivity contribution in [3.63, 3.8) is 0 Å². The molecule has 1 aromatic rings. The molecule has 0 radical (unpaired) electrons. The van der Waals surface area contributed by atoms with E-state index < -0.39 is 0 Å². The zero-order chi connectivity index (χ0) is 13.1. The molecule has 1 fully saturated rings. The summed E-state index contributed by atoms with van der Waals surface area (Å²) in [6, 6.07) is 3.83. The molecule has 0 spiro atoms. The van der Waals surface area contributed by atoms with Crippen LogP contribution in [0, 0.1) is 0 Å². The molecule has 4 nitrogen and oxygen atoms in total. The number of hydrogen-bond acceptors (Lipinski definition) is 4. The van der Waals surface area contributed by atoms with Crippen LogP contribution in [0.3, 0.4) is 0 Å². The van der Waals surface area contributed by atoms with Crippen LogP contribution in [0.5, 0.6) is 0 Å². The molecule has 0 bridgehead atoms. The number of nitrogens with zero attached hydrogens (tertiary/aromatic N) is 1. The Balaban J connectivity index is 2.10. The van der Waals surface area contributed by atoms with Gasteiger partial charge in [0.2, 0.25) is 0 Å². The van der Waals surface area contributed by atoms with Gasteiger partial charge in [0.25, 0.3) is 5.91 Å². The third kappa shape index (κ3) is 2.93. The number of likely N-dealkylation sites (tertiary alicyclic amines) is 1. The molecular weight excluding hydrogens is 316 g/mol. The van der Waals surface area contributed by atoms with E-state index in [0.717, 1.165) is 21.5 Å². The second-order valence-electron chi connectivity index (χ2n) is 4.37. The molecule has 0 aromatic carbocycles. The second-order valence-corrected chi connectivity index (χ2v) is 6.84. The van der Waals surface area contributed by atoms with Crippen LogP contribution in [0.2, 0.25) is 0 Å². The fourth-order valence-corrected chi connectivity index (χ4v) is 3.63. The van der Waals surface area contributed by atoms with Gasteiger partial charge in [-0.1, -0.05) is 0 Å². The highest BCUT2D eigenvalue weighted by atomic mass is 79.9. The number of methoxy groups -OCH3 is 1. The van der Waals surface area contributed by atoms with Gasteiger partial charge in [0.1, 0.15) is 0 Å². The Hall–Kier alpha value is -0.430. The first-order chi connectivity index (χ1) is 8.65. The van der Waals surface area contributed by atoms with Crippen LogP contribution >= 0.6 is 27.3 Å². The number of ether oxygens (including phenoxy) is 1. The maximum Gasteiger partial charge on any atom is 0.264 e. The Morgan fingerprint density at radius 3 is 3.00 bits per heavy atom. The number of hydrogen-bond donors (Lipinski definition) is 1. The number of piperidine rings is 1. The molecule has 2 atom stereocenters. The number of amides is 1. The average molecular weight is 333 g/mol. The molecular formula is C12H17BrN2O2S. The first-order valence-electron chi connectivity index (χ1n) is 5.95. The van der Waals surface area contributed by atoms with E-state index in [9.17, 15) is 4.79 Å². The van der Waals surface area contributed by atoms with Crippen LogP contribution in [-0.2, 0) is 4.74 Å². The van der Waals surface area contributed by atoms with Crippen molar-refractivity contribution in [3.05, 3.63) is 20.8 Å². The van der Waals surface area contributed by atoms with Crippen LogP contribution in [0.25, 0.3) is 0 Å². The third-order valence-corrected chi connectivity index (χ3v) is 4.93. The van der Waals surface area contributed by atoms with Gasteiger partial charge >= 0.3 is 0 Å². The van der Waals surface area contributed by atoms with Crippen LogP contribution in [0.1, 0.15) is 22.5 Å². The van der Waals surface area contributed by atoms with E-state index >= 15 is 0 Å². The molecule has 2 heterocycles. The van der Waals surface area contributed by atoms with Crippen molar-refractivity contribution in [2.24, 2.45) is 5.73 Å². The molecule has 2 N–H and O–H groups in total. The van der Waals surface area contributed by atoms with Crippen LogP contribution in [-0.4, -0.2) is 43.2 Å². The number of carbonyl (C=O) groups excluding carboxylic acids is 1. The van der Waals surface area contributed by atoms with E-state index in [4.69, 9.17) is 10.5 Å². The molecule has 0 aliphatic carbocycles. The van der Waals surface area contributed by atoms with Gasteiger partial charge in [0.05, 0.1) is 14.8 Å². The molecule has 18 heavy (non-hydrogen) atoms. The van der Waals surface area contributed by atoms with Crippen molar-refractivity contribution in [2.45, 2.75) is 25.0 Å². The van der Waals surface area contributed by atoms with Crippen molar-refractivity contribution < 1.29 is 9.53 Å². The van der Waals surface area contributed by atoms with Gasteiger partial charge in [-0.05, 0) is 40.9 Å². The highest BCUT2D eigenvalue weighted by Gasteiger charge is 2.31. The smallest absolute Gasteiger partial charge is 0.264 e. The summed E-state index contributed by atoms with van der Waals surface area (Å²) in [5.74, 6) is 0.0794. The zero-order valence-electron chi connectivity index (χ0n) is 10.3. The summed E-state index contributed by atoms with van der Waals surface area (Å²) in [7, 11) is 1.71. The third-order valence-electron chi connectivity index (χ3n) is 3.32. The summed E-state index contributed by atoms with van der Waals surface area (Å²) in [6.45, 7) is 1.20. The number of nitrogens with two attached hydrogens (primary N) is 1. The van der Waals surface area contributed by atoms with E-state index in [-0.39, 0.29) is 18.1 Å². The van der Waals surface area contributed by atoms with Crippen molar-refractivity contribution in [3.8, 4) is 0 Å². The predicted molar refractivity (Wildman–Crippen MR) is 75.9 cm³/mol. The highest BCUT2D eigenvalue weighted by Crippen LogP contribution is 2.26. The number of halogens is 1. The largest absolute Gasteiger partial charge is 0.381 e. The minimum atomic E-state index is 0.0794. The summed E-state index contributed by atoms with van der Waals surface area (Å²) in [4.78, 5) is 15.0. The quantitative estimate of drug-likeness (QED) is 0.922. The molecule has 1 aromatic heterocycles. The minimum Gasteiger partial charge on any atom is -0.381 e. The maximum atomic E-state index is 12.4. The zero-order valence-corrected chi connectivity index (χ0v) is 12.7. The standard InChI is InChI=1S/C12H17BrN2O2S/c1-17-9-4-5-15(8(6-9)7-14)12(16)10-2-3-11(13)18-10/h2-3,8-9H,4-7,14H2,1H3. The Morgan fingerprint density at radius 2 is 2.44 bits per heavy atom. The SMILES string of the molecule is COC1CCN(C(=O)c2ccc(Br)s2)C(CN)C1. The first kappa shape index (κ1) is 14.0. The van der Waals surface area contributed by atoms with Gasteiger partial charge < -0.3 is 15.4 Å². The Bertz CT molecular complexity index is 424. The van der Waals surface area contributed by atoms with Gasteiger partial charge in [-0.3, -0.25) is 4.79 Å². The van der Waals surface area contributed by atoms with Crippen LogP contribution < -0.4 is 5.73 Å². The van der Waals surface area contributed by atoms with E-state index in [1.54, 1.807) is 7.11 Å². The molecule has 6 heteroatoms. The molecule has 2 rings (SSSR count). The Labute approximate surface area is 119 Å². The average Bonchev–Trinajstić information content (AvgIpc) is 2.83. The van der Waals surface area contributed by atoms with Gasteiger partial charge in [0, 0.05) is 26.2 Å². The van der Waals surface area contributed by atoms with E-state index in [1.165, 1.54) is 11.3 Å². The first-order valence-corrected chi connectivity index (χ1v) is 7.55. The molecule has 1 aliphatic rings. The fourth-order valence-electron chi connectivity index (χ4n) is 2.29. The monoisotopic (exact) mass is 332 g/mol. The molecule has 0 saturated carbocycles. The normalized spacial score (nSPS) is 24.3. The fraction of sp³-hybridized carbons (Fsp3) is 0.583. The lowest BCUT2D eigenvalue weighted by atomic mass is 9.99. The lowest BCUT2D eigenvalue weighted by Gasteiger charge is -2.38. The maximum absolute atomic E-state index is 12.4. The number of thiophene rings is 1. The van der Waals surface area contributed by atoms with Gasteiger partial charge in [-0.15, -0.1) is 11.3 Å². The van der Waals surface area contributed by atoms with Crippen LogP contribution in [0.15, 0.2) is 15.9 Å². The van der Waals surface area contributed by atoms with E-state index in [1.807, 2.05) is 17.0 Å². The van der Waals surface area contributed by atoms with Crippen molar-refractivity contribution >= 4 is 33.2 Å². The van der Waals surface area contributed by atoms with E-state index in [0.29, 0.717) is 13.1 Å². The summed E-state index contributed by atoms with van der Waals surface area (Å²) in [6.07, 6.45) is 1.92. The summed E-state index contributed by atoms with van der Waals surface area (Å²) in [5.41, 5.74) is 5.78. The van der Waals surface area contributed by atoms with Gasteiger partial charge in [0.15, 0.2) is 0 Å². The predicted octanol–water partition coefficient (Wildman–Crippen LogP) is 2.09. The molecule has 2 unspecified atom stereocenters. The molecule has 1 saturated heterocycles. The lowest BCUT2D eigenvalue weighted by molar-refractivity contribution is 0.0141. The summed E-state index contributed by atoms with van der Waals surface area (Å²) < 4.78 is 6.34. The van der Waals surface area contributed by atoms with Gasteiger partial charge in [-0.25, -0.2) is 0 Å². The minimum absolute atomic E-state index is 0.0794.